The van der Waals surface area contributed by atoms with Gasteiger partial charge in [0.1, 0.15) is 0 Å². The topological polar surface area (TPSA) is 0 Å². The summed E-state index contributed by atoms with van der Waals surface area (Å²) in [7, 11) is 0. The van der Waals surface area contributed by atoms with Crippen molar-refractivity contribution in [2.75, 3.05) is 0 Å². The summed E-state index contributed by atoms with van der Waals surface area (Å²) < 4.78 is 0. The van der Waals surface area contributed by atoms with E-state index in [-0.39, 0.29) is 0 Å². The number of halogens is 2. The normalized spacial score (nSPS) is 6.00. The third kappa shape index (κ3) is 17.9. The largest absolute Gasteiger partial charge is 0.0654 e. The van der Waals surface area contributed by atoms with Crippen LogP contribution in [0.3, 0.4) is 0 Å². The van der Waals surface area contributed by atoms with Gasteiger partial charge >= 0.3 is 0 Å². The van der Waals surface area contributed by atoms with Gasteiger partial charge in [0.2, 0.25) is 0 Å². The molecule has 40 valence electrons. The Hall–Kier alpha value is 1.46. The van der Waals surface area contributed by atoms with Gasteiger partial charge in [0.25, 0.3) is 0 Å². The molecule has 0 rings (SSSR count). The maximum absolute atomic E-state index is 2.18. The third-order valence-corrected chi connectivity index (χ3v) is 0.500. The van der Waals surface area contributed by atoms with Crippen LogP contribution in [0.1, 0.15) is 26.7 Å². The first-order valence-electron chi connectivity index (χ1n) is 2.06. The average molecular weight is 312 g/mol. The van der Waals surface area contributed by atoms with Gasteiger partial charge in [0.05, 0.1) is 0 Å². The smallest absolute Gasteiger partial charge is 0 e. The summed E-state index contributed by atoms with van der Waals surface area (Å²) in [4.78, 5) is 0. The van der Waals surface area contributed by atoms with Gasteiger partial charge < -0.3 is 0 Å². The Balaban J connectivity index is 0. The molecule has 0 fully saturated rings. The molecule has 0 unspecified atom stereocenters. The van der Waals surface area contributed by atoms with Crippen molar-refractivity contribution < 1.29 is 0 Å². The minimum atomic E-state index is 1.32. The predicted molar refractivity (Wildman–Crippen MR) is 48.6 cm³/mol. The maximum atomic E-state index is 2.18. The molecule has 0 nitrogen and oxygen atoms in total. The molecule has 0 saturated carbocycles. The standard InChI is InChI=1S/C4H10.I2/c1-3-4-2;1-2/h3-4H2,1-2H3;. The van der Waals surface area contributed by atoms with Gasteiger partial charge in [-0.3, -0.25) is 0 Å². The maximum Gasteiger partial charge on any atom is 0 e. The van der Waals surface area contributed by atoms with Crippen LogP contribution in [0.15, 0.2) is 0 Å². The van der Waals surface area contributed by atoms with Gasteiger partial charge in [-0.2, -0.15) is 0 Å². The second-order valence-corrected chi connectivity index (χ2v) is 1.000. The van der Waals surface area contributed by atoms with Gasteiger partial charge in [-0.15, -0.1) is 0 Å². The molecule has 0 amide bonds. The van der Waals surface area contributed by atoms with Crippen molar-refractivity contribution in [1.82, 2.24) is 0 Å². The van der Waals surface area contributed by atoms with Gasteiger partial charge in [0.15, 0.2) is 0 Å². The van der Waals surface area contributed by atoms with E-state index in [1.165, 1.54) is 12.8 Å². The Morgan fingerprint density at radius 2 is 1.17 bits per heavy atom. The molecule has 0 spiro atoms. The van der Waals surface area contributed by atoms with Crippen LogP contribution in [0.5, 0.6) is 0 Å². The lowest BCUT2D eigenvalue weighted by molar-refractivity contribution is 0.886. The monoisotopic (exact) mass is 312 g/mol. The summed E-state index contributed by atoms with van der Waals surface area (Å²) in [5.74, 6) is 0. The number of rotatable bonds is 1. The van der Waals surface area contributed by atoms with Crippen molar-refractivity contribution in [2.24, 2.45) is 0 Å². The molecule has 0 aromatic rings. The Labute approximate surface area is 63.4 Å². The zero-order valence-electron chi connectivity index (χ0n) is 4.17. The van der Waals surface area contributed by atoms with E-state index in [0.717, 1.165) is 0 Å². The molecular weight excluding hydrogens is 302 g/mol. The molecule has 0 bridgehead atoms. The van der Waals surface area contributed by atoms with Gasteiger partial charge in [-0.25, -0.2) is 0 Å². The molecule has 0 N–H and O–H groups in total. The molecule has 6 heavy (non-hydrogen) atoms. The van der Waals surface area contributed by atoms with Crippen LogP contribution in [0.25, 0.3) is 0 Å². The molecule has 0 aromatic heterocycles. The molecule has 0 aromatic carbocycles. The highest BCUT2D eigenvalue weighted by atomic mass is 128. The van der Waals surface area contributed by atoms with Gasteiger partial charge in [-0.1, -0.05) is 26.7 Å². The molecule has 0 aliphatic rings. The van der Waals surface area contributed by atoms with Crippen LogP contribution in [0.2, 0.25) is 0 Å². The van der Waals surface area contributed by atoms with Crippen LogP contribution < -0.4 is 0 Å². The van der Waals surface area contributed by atoms with Crippen molar-refractivity contribution in [3.8, 4) is 0 Å². The number of unbranched alkanes of at least 4 members (excludes halogenated alkanes) is 1. The summed E-state index contributed by atoms with van der Waals surface area (Å²) in [6, 6.07) is 0. The van der Waals surface area contributed by atoms with Crippen LogP contribution in [0.4, 0.5) is 0 Å². The molecule has 2 heteroatoms. The Morgan fingerprint density at radius 1 is 1.00 bits per heavy atom. The van der Waals surface area contributed by atoms with Gasteiger partial charge in [-0.05, 0) is 0 Å². The summed E-state index contributed by atoms with van der Waals surface area (Å²) in [6.45, 7) is 4.36. The summed E-state index contributed by atoms with van der Waals surface area (Å²) in [6.07, 6.45) is 2.64. The SMILES string of the molecule is CCCC.II. The first-order chi connectivity index (χ1) is 2.91. The van der Waals surface area contributed by atoms with E-state index in [4.69, 9.17) is 0 Å². The third-order valence-electron chi connectivity index (χ3n) is 0.500. The molecule has 0 heterocycles. The molecule has 0 atom stereocenters. The fraction of sp³-hybridized carbons (Fsp3) is 1.00. The average Bonchev–Trinajstić information content (AvgIpc) is 1.72. The van der Waals surface area contributed by atoms with Crippen molar-refractivity contribution >= 4 is 37.2 Å². The molecule has 0 aliphatic carbocycles. The van der Waals surface area contributed by atoms with Crippen molar-refractivity contribution in [2.45, 2.75) is 26.7 Å². The first kappa shape index (κ1) is 10.4. The Kier molecular flexibility index (Phi) is 28.0. The van der Waals surface area contributed by atoms with E-state index < -0.39 is 0 Å². The molecule has 0 aliphatic heterocycles. The predicted octanol–water partition coefficient (Wildman–Crippen LogP) is 3.58. The van der Waals surface area contributed by atoms with E-state index in [2.05, 4.69) is 51.1 Å². The van der Waals surface area contributed by atoms with Crippen LogP contribution in [-0.4, -0.2) is 0 Å². The minimum absolute atomic E-state index is 1.32. The Morgan fingerprint density at radius 3 is 1.17 bits per heavy atom. The summed E-state index contributed by atoms with van der Waals surface area (Å²) in [5, 5.41) is 0. The van der Waals surface area contributed by atoms with Crippen LogP contribution in [0, 0.1) is 0 Å². The van der Waals surface area contributed by atoms with Crippen molar-refractivity contribution in [1.29, 1.82) is 0 Å². The minimum Gasteiger partial charge on any atom is -0.0654 e. The van der Waals surface area contributed by atoms with E-state index in [0.29, 0.717) is 0 Å². The highest BCUT2D eigenvalue weighted by Gasteiger charge is 1.56. The zero-order chi connectivity index (χ0) is 5.41. The lowest BCUT2D eigenvalue weighted by atomic mass is 10.4. The van der Waals surface area contributed by atoms with Crippen molar-refractivity contribution in [3.63, 3.8) is 0 Å². The van der Waals surface area contributed by atoms with Crippen LogP contribution in [-0.2, 0) is 0 Å². The van der Waals surface area contributed by atoms with Crippen LogP contribution >= 0.6 is 37.2 Å². The first-order valence-corrected chi connectivity index (χ1v) is 8.34. The molecular formula is C4H10I2. The van der Waals surface area contributed by atoms with E-state index in [9.17, 15) is 0 Å². The highest BCUT2D eigenvalue weighted by molar-refractivity contribution is 15.0. The quantitative estimate of drug-likeness (QED) is 0.649. The number of hydrogen-bond acceptors (Lipinski definition) is 0. The summed E-state index contributed by atoms with van der Waals surface area (Å²) >= 11 is 4.24. The highest BCUT2D eigenvalue weighted by Crippen LogP contribution is 1.89. The second kappa shape index (κ2) is 16.1. The lowest BCUT2D eigenvalue weighted by Crippen LogP contribution is -1.47. The van der Waals surface area contributed by atoms with Gasteiger partial charge in [0, 0.05) is 37.2 Å². The molecule has 0 saturated heterocycles. The molecule has 0 radical (unpaired) electrons. The fourth-order valence-corrected chi connectivity index (χ4v) is 0. The Bertz CT molecular complexity index is 7.51. The lowest BCUT2D eigenvalue weighted by Gasteiger charge is -1.68. The van der Waals surface area contributed by atoms with Crippen molar-refractivity contribution in [3.05, 3.63) is 0 Å². The van der Waals surface area contributed by atoms with E-state index in [1.54, 1.807) is 0 Å². The van der Waals surface area contributed by atoms with E-state index >= 15 is 0 Å². The number of hydrogen-bond donors (Lipinski definition) is 0. The summed E-state index contributed by atoms with van der Waals surface area (Å²) in [5.41, 5.74) is 0. The van der Waals surface area contributed by atoms with E-state index in [1.807, 2.05) is 0 Å². The fourth-order valence-electron chi connectivity index (χ4n) is 0. The second-order valence-electron chi connectivity index (χ2n) is 1.000. The zero-order valence-corrected chi connectivity index (χ0v) is 8.49.